The fourth-order valence-corrected chi connectivity index (χ4v) is 2.37. The Balaban J connectivity index is 1.81. The van der Waals surface area contributed by atoms with Crippen LogP contribution in [0.2, 0.25) is 0 Å². The number of piperazine rings is 1. The number of hydrogen-bond acceptors (Lipinski definition) is 3. The maximum absolute atomic E-state index is 10.5. The number of carbonyl (C=O) groups is 1. The van der Waals surface area contributed by atoms with Crippen LogP contribution in [-0.4, -0.2) is 48.8 Å². The minimum absolute atomic E-state index is 0.582. The van der Waals surface area contributed by atoms with E-state index in [1.807, 2.05) is 0 Å². The van der Waals surface area contributed by atoms with Crippen LogP contribution in [0.5, 0.6) is 0 Å². The summed E-state index contributed by atoms with van der Waals surface area (Å²) in [6, 6.07) is 8.91. The standard InChI is InChI=1S/C15H22N2O/c1-2-14-3-5-15(6-4-14)13-17-9-7-16(8-10-17)11-12-18/h3-6,12H,2,7-11,13H2,1H3. The van der Waals surface area contributed by atoms with Crippen molar-refractivity contribution in [1.29, 1.82) is 0 Å². The van der Waals surface area contributed by atoms with Crippen LogP contribution in [0.1, 0.15) is 18.1 Å². The molecule has 18 heavy (non-hydrogen) atoms. The molecule has 3 nitrogen and oxygen atoms in total. The Morgan fingerprint density at radius 2 is 1.56 bits per heavy atom. The molecule has 0 spiro atoms. The topological polar surface area (TPSA) is 23.6 Å². The molecule has 1 aliphatic rings. The van der Waals surface area contributed by atoms with Crippen molar-refractivity contribution in [3.63, 3.8) is 0 Å². The predicted molar refractivity (Wildman–Crippen MR) is 73.6 cm³/mol. The smallest absolute Gasteiger partial charge is 0.133 e. The largest absolute Gasteiger partial charge is 0.302 e. The van der Waals surface area contributed by atoms with Crippen molar-refractivity contribution in [1.82, 2.24) is 9.80 Å². The second kappa shape index (κ2) is 6.66. The van der Waals surface area contributed by atoms with Crippen LogP contribution in [0.25, 0.3) is 0 Å². The highest BCUT2D eigenvalue weighted by Gasteiger charge is 2.16. The van der Waals surface area contributed by atoms with Gasteiger partial charge in [0.2, 0.25) is 0 Å². The highest BCUT2D eigenvalue weighted by Crippen LogP contribution is 2.10. The van der Waals surface area contributed by atoms with Gasteiger partial charge in [-0.3, -0.25) is 9.80 Å². The summed E-state index contributed by atoms with van der Waals surface area (Å²) in [5.41, 5.74) is 2.78. The van der Waals surface area contributed by atoms with Crippen LogP contribution in [0.4, 0.5) is 0 Å². The monoisotopic (exact) mass is 246 g/mol. The summed E-state index contributed by atoms with van der Waals surface area (Å²) in [5.74, 6) is 0. The fraction of sp³-hybridized carbons (Fsp3) is 0.533. The van der Waals surface area contributed by atoms with Crippen LogP contribution in [0.15, 0.2) is 24.3 Å². The third-order valence-electron chi connectivity index (χ3n) is 3.64. The van der Waals surface area contributed by atoms with E-state index < -0.39 is 0 Å². The molecule has 0 aromatic heterocycles. The molecule has 1 saturated heterocycles. The summed E-state index contributed by atoms with van der Waals surface area (Å²) in [6.07, 6.45) is 2.10. The molecule has 0 atom stereocenters. The first-order chi connectivity index (χ1) is 8.81. The van der Waals surface area contributed by atoms with Crippen molar-refractivity contribution < 1.29 is 4.79 Å². The average Bonchev–Trinajstić information content (AvgIpc) is 2.42. The van der Waals surface area contributed by atoms with Gasteiger partial charge < -0.3 is 4.79 Å². The molecule has 0 aliphatic carbocycles. The van der Waals surface area contributed by atoms with E-state index in [9.17, 15) is 4.79 Å². The lowest BCUT2D eigenvalue weighted by atomic mass is 10.1. The van der Waals surface area contributed by atoms with Gasteiger partial charge in [-0.05, 0) is 17.5 Å². The SMILES string of the molecule is CCc1ccc(CN2CCN(CC=O)CC2)cc1. The number of aryl methyl sites for hydroxylation is 1. The Bertz CT molecular complexity index is 367. The molecule has 0 saturated carbocycles. The van der Waals surface area contributed by atoms with Gasteiger partial charge in [-0.15, -0.1) is 0 Å². The van der Waals surface area contributed by atoms with Gasteiger partial charge in [0, 0.05) is 32.7 Å². The van der Waals surface area contributed by atoms with Gasteiger partial charge in [-0.2, -0.15) is 0 Å². The van der Waals surface area contributed by atoms with E-state index in [-0.39, 0.29) is 0 Å². The van der Waals surface area contributed by atoms with Crippen molar-refractivity contribution >= 4 is 6.29 Å². The van der Waals surface area contributed by atoms with Gasteiger partial charge in [0.25, 0.3) is 0 Å². The lowest BCUT2D eigenvalue weighted by Gasteiger charge is -2.33. The number of aldehydes is 1. The van der Waals surface area contributed by atoms with E-state index in [4.69, 9.17) is 0 Å². The molecule has 0 bridgehead atoms. The van der Waals surface area contributed by atoms with E-state index in [2.05, 4.69) is 41.0 Å². The molecule has 2 rings (SSSR count). The number of rotatable bonds is 5. The molecule has 0 unspecified atom stereocenters. The van der Waals surface area contributed by atoms with Crippen molar-refractivity contribution in [3.8, 4) is 0 Å². The third kappa shape index (κ3) is 3.65. The maximum atomic E-state index is 10.5. The zero-order chi connectivity index (χ0) is 12.8. The Labute approximate surface area is 109 Å². The quantitative estimate of drug-likeness (QED) is 0.737. The Hall–Kier alpha value is -1.19. The lowest BCUT2D eigenvalue weighted by Crippen LogP contribution is -2.46. The molecule has 1 heterocycles. The highest BCUT2D eigenvalue weighted by molar-refractivity contribution is 5.51. The molecular weight excluding hydrogens is 224 g/mol. The number of hydrogen-bond donors (Lipinski definition) is 0. The van der Waals surface area contributed by atoms with Gasteiger partial charge >= 0.3 is 0 Å². The molecule has 0 N–H and O–H groups in total. The van der Waals surface area contributed by atoms with Crippen LogP contribution >= 0.6 is 0 Å². The van der Waals surface area contributed by atoms with Gasteiger partial charge in [0.15, 0.2) is 0 Å². The zero-order valence-corrected chi connectivity index (χ0v) is 11.1. The lowest BCUT2D eigenvalue weighted by molar-refractivity contribution is -0.109. The van der Waals surface area contributed by atoms with Gasteiger partial charge in [-0.1, -0.05) is 31.2 Å². The molecule has 98 valence electrons. The molecule has 1 aliphatic heterocycles. The molecule has 1 fully saturated rings. The summed E-state index contributed by atoms with van der Waals surface area (Å²) in [4.78, 5) is 15.1. The van der Waals surface area contributed by atoms with Crippen LogP contribution in [-0.2, 0) is 17.8 Å². The van der Waals surface area contributed by atoms with Crippen molar-refractivity contribution in [3.05, 3.63) is 35.4 Å². The Morgan fingerprint density at radius 1 is 1.00 bits per heavy atom. The van der Waals surface area contributed by atoms with Gasteiger partial charge in [0.05, 0.1) is 6.54 Å². The summed E-state index contributed by atoms with van der Waals surface area (Å²) < 4.78 is 0. The fourth-order valence-electron chi connectivity index (χ4n) is 2.37. The third-order valence-corrected chi connectivity index (χ3v) is 3.64. The zero-order valence-electron chi connectivity index (χ0n) is 11.1. The number of nitrogens with zero attached hydrogens (tertiary/aromatic N) is 2. The minimum atomic E-state index is 0.582. The molecular formula is C15H22N2O. The molecule has 0 amide bonds. The minimum Gasteiger partial charge on any atom is -0.302 e. The predicted octanol–water partition coefficient (Wildman–Crippen LogP) is 1.57. The first-order valence-corrected chi connectivity index (χ1v) is 6.78. The Kier molecular flexibility index (Phi) is 4.90. The van der Waals surface area contributed by atoms with Crippen LogP contribution in [0.3, 0.4) is 0 Å². The summed E-state index contributed by atoms with van der Waals surface area (Å²) in [7, 11) is 0. The van der Waals surface area contributed by atoms with Gasteiger partial charge in [-0.25, -0.2) is 0 Å². The second-order valence-electron chi connectivity index (χ2n) is 4.91. The van der Waals surface area contributed by atoms with E-state index in [1.165, 1.54) is 11.1 Å². The summed E-state index contributed by atoms with van der Waals surface area (Å²) >= 11 is 0. The first-order valence-electron chi connectivity index (χ1n) is 6.78. The van der Waals surface area contributed by atoms with Crippen molar-refractivity contribution in [2.75, 3.05) is 32.7 Å². The van der Waals surface area contributed by atoms with Crippen LogP contribution < -0.4 is 0 Å². The summed E-state index contributed by atoms with van der Waals surface area (Å²) in [5, 5.41) is 0. The van der Waals surface area contributed by atoms with E-state index in [1.54, 1.807) is 0 Å². The second-order valence-corrected chi connectivity index (χ2v) is 4.91. The van der Waals surface area contributed by atoms with Crippen molar-refractivity contribution in [2.45, 2.75) is 19.9 Å². The Morgan fingerprint density at radius 3 is 2.11 bits per heavy atom. The van der Waals surface area contributed by atoms with Crippen LogP contribution in [0, 0.1) is 0 Å². The average molecular weight is 246 g/mol. The molecule has 1 aromatic carbocycles. The maximum Gasteiger partial charge on any atom is 0.133 e. The van der Waals surface area contributed by atoms with Gasteiger partial charge in [0.1, 0.15) is 6.29 Å². The van der Waals surface area contributed by atoms with E-state index >= 15 is 0 Å². The summed E-state index contributed by atoms with van der Waals surface area (Å²) in [6.45, 7) is 7.92. The number of benzene rings is 1. The first kappa shape index (κ1) is 13.2. The normalized spacial score (nSPS) is 17.8. The molecule has 3 heteroatoms. The van der Waals surface area contributed by atoms with E-state index in [0.717, 1.165) is 45.4 Å². The van der Waals surface area contributed by atoms with E-state index in [0.29, 0.717) is 6.54 Å². The molecule has 1 aromatic rings. The van der Waals surface area contributed by atoms with Crippen molar-refractivity contribution in [2.24, 2.45) is 0 Å². The highest BCUT2D eigenvalue weighted by atomic mass is 16.1. The number of carbonyl (C=O) groups excluding carboxylic acids is 1. The molecule has 0 radical (unpaired) electrons.